The number of amides is 2. The van der Waals surface area contributed by atoms with Crippen molar-refractivity contribution in [1.82, 2.24) is 10.2 Å². The molecule has 1 fully saturated rings. The molecule has 8 nitrogen and oxygen atoms in total. The van der Waals surface area contributed by atoms with Crippen LogP contribution in [0.15, 0.2) is 72.8 Å². The van der Waals surface area contributed by atoms with E-state index in [0.717, 1.165) is 35.7 Å². The number of nitrogens with zero attached hydrogens (tertiary/aromatic N) is 3. The van der Waals surface area contributed by atoms with Gasteiger partial charge in [0, 0.05) is 37.7 Å². The third-order valence-electron chi connectivity index (χ3n) is 6.84. The van der Waals surface area contributed by atoms with Crippen molar-refractivity contribution in [3.63, 3.8) is 0 Å². The second kappa shape index (κ2) is 10.4. The van der Waals surface area contributed by atoms with Crippen molar-refractivity contribution >= 4 is 34.5 Å². The fraction of sp³-hybridized carbons (Fsp3) is 0.241. The molecule has 37 heavy (non-hydrogen) atoms. The van der Waals surface area contributed by atoms with Crippen LogP contribution in [0.4, 0.5) is 11.4 Å². The highest BCUT2D eigenvalue weighted by molar-refractivity contribution is 6.43. The number of nitro benzene ring substituents is 1. The molecule has 188 valence electrons. The molecule has 2 aliphatic rings. The predicted molar refractivity (Wildman–Crippen MR) is 142 cm³/mol. The molecule has 2 heterocycles. The minimum absolute atomic E-state index is 0.178. The standard InChI is InChI=1S/C29H28N4O4/c1-20(34)32-26-17-24(33(36)37)13-14-25(26)27(29(32)35)28(23-7-3-2-4-8-23)30-18-21-9-11-22(12-10-21)19-31-15-5-6-16-31/h2-4,7-14,17,30H,5-6,15-16,18-19H2,1H3/b28-27-. The molecule has 1 saturated heterocycles. The van der Waals surface area contributed by atoms with Crippen LogP contribution in [0.3, 0.4) is 0 Å². The smallest absolute Gasteiger partial charge is 0.271 e. The first kappa shape index (κ1) is 24.4. The molecule has 0 atom stereocenters. The summed E-state index contributed by atoms with van der Waals surface area (Å²) in [6.45, 7) is 4.99. The molecule has 2 aliphatic heterocycles. The lowest BCUT2D eigenvalue weighted by molar-refractivity contribution is -0.384. The quantitative estimate of drug-likeness (QED) is 0.288. The monoisotopic (exact) mass is 496 g/mol. The average Bonchev–Trinajstić information content (AvgIpc) is 3.51. The van der Waals surface area contributed by atoms with Crippen molar-refractivity contribution in [2.45, 2.75) is 32.9 Å². The van der Waals surface area contributed by atoms with E-state index in [1.165, 1.54) is 37.5 Å². The van der Waals surface area contributed by atoms with Crippen LogP contribution in [0.5, 0.6) is 0 Å². The van der Waals surface area contributed by atoms with Crippen LogP contribution in [0.25, 0.3) is 11.3 Å². The summed E-state index contributed by atoms with van der Waals surface area (Å²) in [6, 6.07) is 22.1. The van der Waals surface area contributed by atoms with Crippen molar-refractivity contribution < 1.29 is 14.5 Å². The zero-order valence-corrected chi connectivity index (χ0v) is 20.6. The maximum absolute atomic E-state index is 13.6. The van der Waals surface area contributed by atoms with Gasteiger partial charge in [0.05, 0.1) is 21.9 Å². The van der Waals surface area contributed by atoms with Crippen molar-refractivity contribution in [2.75, 3.05) is 18.0 Å². The second-order valence-electron chi connectivity index (χ2n) is 9.39. The maximum Gasteiger partial charge on any atom is 0.271 e. The number of rotatable bonds is 7. The Balaban J connectivity index is 1.50. The van der Waals surface area contributed by atoms with Crippen LogP contribution in [0, 0.1) is 10.1 Å². The third kappa shape index (κ3) is 5.01. The number of anilines is 1. The molecule has 0 aromatic heterocycles. The highest BCUT2D eigenvalue weighted by atomic mass is 16.6. The molecule has 0 bridgehead atoms. The Morgan fingerprint density at radius 2 is 1.65 bits per heavy atom. The van der Waals surface area contributed by atoms with Gasteiger partial charge in [-0.15, -0.1) is 0 Å². The van der Waals surface area contributed by atoms with Gasteiger partial charge in [-0.1, -0.05) is 54.6 Å². The fourth-order valence-electron chi connectivity index (χ4n) is 5.01. The molecule has 0 unspecified atom stereocenters. The normalized spacial score (nSPS) is 16.6. The van der Waals surface area contributed by atoms with E-state index in [1.54, 1.807) is 6.07 Å². The molecule has 3 aromatic rings. The Kier molecular flexibility index (Phi) is 6.83. The van der Waals surface area contributed by atoms with E-state index in [2.05, 4.69) is 34.5 Å². The number of fused-ring (bicyclic) bond motifs is 1. The molecule has 1 N–H and O–H groups in total. The lowest BCUT2D eigenvalue weighted by atomic mass is 9.99. The van der Waals surface area contributed by atoms with Gasteiger partial charge in [0.25, 0.3) is 11.6 Å². The van der Waals surface area contributed by atoms with E-state index in [1.807, 2.05) is 30.3 Å². The topological polar surface area (TPSA) is 95.8 Å². The number of likely N-dealkylation sites (tertiary alicyclic amines) is 1. The number of carbonyl (C=O) groups excluding carboxylic acids is 2. The van der Waals surface area contributed by atoms with Gasteiger partial charge in [0.2, 0.25) is 5.91 Å². The van der Waals surface area contributed by atoms with E-state index in [-0.39, 0.29) is 11.4 Å². The zero-order valence-electron chi connectivity index (χ0n) is 20.6. The molecule has 0 saturated carbocycles. The van der Waals surface area contributed by atoms with E-state index in [9.17, 15) is 19.7 Å². The van der Waals surface area contributed by atoms with Crippen molar-refractivity contribution in [2.24, 2.45) is 0 Å². The minimum Gasteiger partial charge on any atom is -0.380 e. The first-order valence-corrected chi connectivity index (χ1v) is 12.4. The van der Waals surface area contributed by atoms with Crippen LogP contribution in [-0.2, 0) is 22.7 Å². The molecule has 5 rings (SSSR count). The Bertz CT molecular complexity index is 1380. The summed E-state index contributed by atoms with van der Waals surface area (Å²) in [6.07, 6.45) is 2.52. The van der Waals surface area contributed by atoms with E-state index in [4.69, 9.17) is 0 Å². The number of benzene rings is 3. The highest BCUT2D eigenvalue weighted by Gasteiger charge is 2.38. The maximum atomic E-state index is 13.6. The largest absolute Gasteiger partial charge is 0.380 e. The van der Waals surface area contributed by atoms with Crippen molar-refractivity contribution in [1.29, 1.82) is 0 Å². The van der Waals surface area contributed by atoms with Crippen LogP contribution >= 0.6 is 0 Å². The predicted octanol–water partition coefficient (Wildman–Crippen LogP) is 4.74. The van der Waals surface area contributed by atoms with Crippen molar-refractivity contribution in [3.8, 4) is 0 Å². The summed E-state index contributed by atoms with van der Waals surface area (Å²) < 4.78 is 0. The summed E-state index contributed by atoms with van der Waals surface area (Å²) in [5.41, 5.74) is 4.53. The number of hydrogen-bond donors (Lipinski definition) is 1. The summed E-state index contributed by atoms with van der Waals surface area (Å²) in [5.74, 6) is -1.00. The molecular formula is C29H28N4O4. The average molecular weight is 497 g/mol. The van der Waals surface area contributed by atoms with Crippen molar-refractivity contribution in [3.05, 3.63) is 105 Å². The Labute approximate surface area is 215 Å². The van der Waals surface area contributed by atoms with Crippen LogP contribution in [-0.4, -0.2) is 34.7 Å². The molecule has 0 aliphatic carbocycles. The summed E-state index contributed by atoms with van der Waals surface area (Å²) in [5, 5.41) is 14.8. The van der Waals surface area contributed by atoms with Gasteiger partial charge < -0.3 is 5.32 Å². The van der Waals surface area contributed by atoms with Gasteiger partial charge in [-0.3, -0.25) is 24.6 Å². The van der Waals surface area contributed by atoms with Gasteiger partial charge in [0.15, 0.2) is 0 Å². The number of non-ortho nitro benzene ring substituents is 1. The molecule has 3 aromatic carbocycles. The summed E-state index contributed by atoms with van der Waals surface area (Å²) >= 11 is 0. The van der Waals surface area contributed by atoms with Crippen LogP contribution in [0.2, 0.25) is 0 Å². The third-order valence-corrected chi connectivity index (χ3v) is 6.84. The van der Waals surface area contributed by atoms with Gasteiger partial charge in [-0.2, -0.15) is 0 Å². The van der Waals surface area contributed by atoms with Gasteiger partial charge >= 0.3 is 0 Å². The van der Waals surface area contributed by atoms with Crippen LogP contribution < -0.4 is 10.2 Å². The Morgan fingerprint density at radius 3 is 2.30 bits per heavy atom. The highest BCUT2D eigenvalue weighted by Crippen LogP contribution is 2.42. The lowest BCUT2D eigenvalue weighted by Crippen LogP contribution is -2.32. The van der Waals surface area contributed by atoms with Gasteiger partial charge in [-0.05, 0) is 48.7 Å². The second-order valence-corrected chi connectivity index (χ2v) is 9.39. The molecule has 2 amide bonds. The lowest BCUT2D eigenvalue weighted by Gasteiger charge is -2.17. The summed E-state index contributed by atoms with van der Waals surface area (Å²) in [4.78, 5) is 40.3. The number of nitro groups is 1. The van der Waals surface area contributed by atoms with Gasteiger partial charge in [-0.25, -0.2) is 4.90 Å². The number of nitrogens with one attached hydrogen (secondary N) is 1. The molecule has 0 radical (unpaired) electrons. The molecule has 0 spiro atoms. The van der Waals surface area contributed by atoms with Crippen LogP contribution in [0.1, 0.15) is 42.0 Å². The molecular weight excluding hydrogens is 468 g/mol. The Hall–Kier alpha value is -4.30. The number of hydrogen-bond acceptors (Lipinski definition) is 6. The fourth-order valence-corrected chi connectivity index (χ4v) is 5.01. The van der Waals surface area contributed by atoms with E-state index < -0.39 is 16.7 Å². The number of imide groups is 1. The first-order valence-electron chi connectivity index (χ1n) is 12.4. The van der Waals surface area contributed by atoms with Gasteiger partial charge in [0.1, 0.15) is 0 Å². The SMILES string of the molecule is CC(=O)N1C(=O)/C(=C(\NCc2ccc(CN3CCCC3)cc2)c2ccccc2)c2ccc([N+](=O)[O-])cc21. The molecule has 8 heteroatoms. The minimum atomic E-state index is -0.533. The number of carbonyl (C=O) groups is 2. The zero-order chi connectivity index (χ0) is 25.9. The van der Waals surface area contributed by atoms with E-state index >= 15 is 0 Å². The van der Waals surface area contributed by atoms with E-state index in [0.29, 0.717) is 23.4 Å². The summed E-state index contributed by atoms with van der Waals surface area (Å²) in [7, 11) is 0. The first-order chi connectivity index (χ1) is 17.9. The Morgan fingerprint density at radius 1 is 0.973 bits per heavy atom.